The first-order chi connectivity index (χ1) is 12.9. The number of hydrogen-bond acceptors (Lipinski definition) is 5. The highest BCUT2D eigenvalue weighted by molar-refractivity contribution is 6.00. The van der Waals surface area contributed by atoms with Crippen molar-refractivity contribution in [3.8, 4) is 5.75 Å². The molecular weight excluding hydrogens is 346 g/mol. The van der Waals surface area contributed by atoms with Gasteiger partial charge in [-0.2, -0.15) is 0 Å². The van der Waals surface area contributed by atoms with Crippen LogP contribution in [-0.4, -0.2) is 44.1 Å². The highest BCUT2D eigenvalue weighted by Gasteiger charge is 2.35. The average molecular weight is 369 g/mol. The molecule has 7 heteroatoms. The van der Waals surface area contributed by atoms with Crippen molar-refractivity contribution in [2.24, 2.45) is 5.73 Å². The van der Waals surface area contributed by atoms with Crippen molar-refractivity contribution in [1.82, 2.24) is 4.90 Å². The molecular formula is C20H23N3O4. The second kappa shape index (κ2) is 7.67. The minimum atomic E-state index is -0.773. The fourth-order valence-corrected chi connectivity index (χ4v) is 3.01. The molecule has 0 aromatic heterocycles. The van der Waals surface area contributed by atoms with Crippen LogP contribution in [0.25, 0.3) is 0 Å². The van der Waals surface area contributed by atoms with E-state index in [1.54, 1.807) is 27.3 Å². The summed E-state index contributed by atoms with van der Waals surface area (Å²) in [6.07, 6.45) is 0.393. The Balaban J connectivity index is 2.00. The number of hydrogen-bond donors (Lipinski definition) is 1. The van der Waals surface area contributed by atoms with Crippen molar-refractivity contribution in [3.05, 3.63) is 59.2 Å². The summed E-state index contributed by atoms with van der Waals surface area (Å²) in [5.74, 6) is 0.155. The molecule has 0 saturated heterocycles. The quantitative estimate of drug-likeness (QED) is 0.892. The van der Waals surface area contributed by atoms with Gasteiger partial charge in [0.05, 0.1) is 18.8 Å². The zero-order chi connectivity index (χ0) is 19.6. The van der Waals surface area contributed by atoms with Gasteiger partial charge < -0.3 is 20.2 Å². The summed E-state index contributed by atoms with van der Waals surface area (Å²) in [7, 11) is 4.66. The molecule has 1 atom stereocenters. The Morgan fingerprint density at radius 2 is 1.96 bits per heavy atom. The standard InChI is InChI=1S/C20H23N3O4/c1-22(2)20(25)27-23-17-12-18(26-3)15(9-13-7-5-4-6-8-13)10-14(17)11-16(21)19(23)24/h4-8,10,12,16H,9,11,21H2,1-3H3/t16-/m0/s1. The average Bonchev–Trinajstić information content (AvgIpc) is 2.65. The van der Waals surface area contributed by atoms with E-state index in [2.05, 4.69) is 0 Å². The van der Waals surface area contributed by atoms with E-state index in [0.29, 0.717) is 24.3 Å². The first-order valence-corrected chi connectivity index (χ1v) is 8.63. The van der Waals surface area contributed by atoms with Gasteiger partial charge in [0, 0.05) is 26.6 Å². The molecule has 0 unspecified atom stereocenters. The Labute approximate surface area is 158 Å². The predicted molar refractivity (Wildman–Crippen MR) is 102 cm³/mol. The number of benzene rings is 2. The van der Waals surface area contributed by atoms with E-state index in [1.165, 1.54) is 4.90 Å². The second-order valence-corrected chi connectivity index (χ2v) is 6.65. The van der Waals surface area contributed by atoms with Gasteiger partial charge in [0.15, 0.2) is 0 Å². The number of nitrogens with zero attached hydrogens (tertiary/aromatic N) is 2. The number of hydroxylamine groups is 1. The first-order valence-electron chi connectivity index (χ1n) is 8.63. The molecule has 2 aromatic carbocycles. The van der Waals surface area contributed by atoms with Gasteiger partial charge in [-0.25, -0.2) is 4.79 Å². The van der Waals surface area contributed by atoms with Crippen LogP contribution in [0.15, 0.2) is 42.5 Å². The molecule has 0 fully saturated rings. The monoisotopic (exact) mass is 369 g/mol. The van der Waals surface area contributed by atoms with Crippen molar-refractivity contribution in [2.45, 2.75) is 18.9 Å². The van der Waals surface area contributed by atoms with Crippen LogP contribution >= 0.6 is 0 Å². The topological polar surface area (TPSA) is 85.1 Å². The maximum absolute atomic E-state index is 12.5. The number of anilines is 1. The zero-order valence-electron chi connectivity index (χ0n) is 15.6. The van der Waals surface area contributed by atoms with E-state index < -0.39 is 18.0 Å². The summed E-state index contributed by atoms with van der Waals surface area (Å²) in [5, 5.41) is 0.973. The van der Waals surface area contributed by atoms with Crippen molar-refractivity contribution >= 4 is 17.7 Å². The highest BCUT2D eigenvalue weighted by Crippen LogP contribution is 2.35. The molecule has 0 spiro atoms. The largest absolute Gasteiger partial charge is 0.496 e. The number of methoxy groups -OCH3 is 1. The lowest BCUT2D eigenvalue weighted by molar-refractivity contribution is -0.125. The number of fused-ring (bicyclic) bond motifs is 1. The van der Waals surface area contributed by atoms with E-state index in [1.807, 2.05) is 36.4 Å². The molecule has 0 radical (unpaired) electrons. The van der Waals surface area contributed by atoms with E-state index in [9.17, 15) is 9.59 Å². The fraction of sp³-hybridized carbons (Fsp3) is 0.300. The lowest BCUT2D eigenvalue weighted by Gasteiger charge is -2.32. The molecule has 27 heavy (non-hydrogen) atoms. The third-order valence-electron chi connectivity index (χ3n) is 4.43. The second-order valence-electron chi connectivity index (χ2n) is 6.65. The summed E-state index contributed by atoms with van der Waals surface area (Å²) in [5.41, 5.74) is 9.41. The zero-order valence-corrected chi connectivity index (χ0v) is 15.6. The van der Waals surface area contributed by atoms with Crippen LogP contribution in [0.5, 0.6) is 5.75 Å². The Kier molecular flexibility index (Phi) is 5.32. The number of nitrogens with two attached hydrogens (primary N) is 1. The minimum Gasteiger partial charge on any atom is -0.496 e. The number of ether oxygens (including phenoxy) is 1. The SMILES string of the molecule is COc1cc2c(cc1Cc1ccccc1)C[C@H](N)C(=O)N2OC(=O)N(C)C. The van der Waals surface area contributed by atoms with Crippen LogP contribution in [0.1, 0.15) is 16.7 Å². The lowest BCUT2D eigenvalue weighted by atomic mass is 9.94. The summed E-state index contributed by atoms with van der Waals surface area (Å²) in [6, 6.07) is 12.9. The third kappa shape index (κ3) is 3.88. The van der Waals surface area contributed by atoms with Crippen molar-refractivity contribution in [2.75, 3.05) is 26.3 Å². The molecule has 2 aromatic rings. The van der Waals surface area contributed by atoms with Crippen LogP contribution in [0.2, 0.25) is 0 Å². The number of carbonyl (C=O) groups excluding carboxylic acids is 2. The normalized spacial score (nSPS) is 15.9. The minimum absolute atomic E-state index is 0.371. The number of carbonyl (C=O) groups is 2. The van der Waals surface area contributed by atoms with Crippen molar-refractivity contribution in [1.29, 1.82) is 0 Å². The fourth-order valence-electron chi connectivity index (χ4n) is 3.01. The van der Waals surface area contributed by atoms with E-state index in [0.717, 1.165) is 21.8 Å². The van der Waals surface area contributed by atoms with Gasteiger partial charge in [-0.1, -0.05) is 30.3 Å². The smallest absolute Gasteiger partial charge is 0.434 e. The summed E-state index contributed by atoms with van der Waals surface area (Å²) < 4.78 is 5.53. The Morgan fingerprint density at radius 1 is 1.26 bits per heavy atom. The number of rotatable bonds is 4. The first kappa shape index (κ1) is 18.7. The molecule has 0 saturated carbocycles. The third-order valence-corrected chi connectivity index (χ3v) is 4.43. The van der Waals surface area contributed by atoms with E-state index >= 15 is 0 Å². The Bertz CT molecular complexity index is 852. The molecule has 1 heterocycles. The molecule has 2 N–H and O–H groups in total. The molecule has 2 amide bonds. The number of amides is 2. The molecule has 0 aliphatic carbocycles. The van der Waals surface area contributed by atoms with Gasteiger partial charge in [0.25, 0.3) is 5.91 Å². The highest BCUT2D eigenvalue weighted by atomic mass is 16.7. The Morgan fingerprint density at radius 3 is 2.59 bits per heavy atom. The van der Waals surface area contributed by atoms with Gasteiger partial charge in [-0.3, -0.25) is 4.79 Å². The van der Waals surface area contributed by atoms with Gasteiger partial charge >= 0.3 is 6.09 Å². The van der Waals surface area contributed by atoms with Gasteiger partial charge in [-0.15, -0.1) is 5.06 Å². The summed E-state index contributed by atoms with van der Waals surface area (Å²) in [6.45, 7) is 0. The van der Waals surface area contributed by atoms with Crippen LogP contribution < -0.4 is 15.5 Å². The maximum Gasteiger partial charge on any atom is 0.434 e. The molecule has 1 aliphatic rings. The maximum atomic E-state index is 12.5. The van der Waals surface area contributed by atoms with Gasteiger partial charge in [0.2, 0.25) is 0 Å². The van der Waals surface area contributed by atoms with Crippen LogP contribution in [-0.2, 0) is 22.5 Å². The predicted octanol–water partition coefficient (Wildman–Crippen LogP) is 2.12. The molecule has 1 aliphatic heterocycles. The van der Waals surface area contributed by atoms with Gasteiger partial charge in [0.1, 0.15) is 5.75 Å². The molecule has 0 bridgehead atoms. The van der Waals surface area contributed by atoms with Crippen LogP contribution in [0.4, 0.5) is 10.5 Å². The van der Waals surface area contributed by atoms with Crippen LogP contribution in [0, 0.1) is 0 Å². The molecule has 142 valence electrons. The van der Waals surface area contributed by atoms with E-state index in [-0.39, 0.29) is 0 Å². The van der Waals surface area contributed by atoms with Crippen LogP contribution in [0.3, 0.4) is 0 Å². The lowest BCUT2D eigenvalue weighted by Crippen LogP contribution is -2.50. The van der Waals surface area contributed by atoms with Crippen molar-refractivity contribution in [3.63, 3.8) is 0 Å². The summed E-state index contributed by atoms with van der Waals surface area (Å²) >= 11 is 0. The molecule has 7 nitrogen and oxygen atoms in total. The van der Waals surface area contributed by atoms with E-state index in [4.69, 9.17) is 15.3 Å². The van der Waals surface area contributed by atoms with Gasteiger partial charge in [-0.05, 0) is 29.2 Å². The van der Waals surface area contributed by atoms with Crippen molar-refractivity contribution < 1.29 is 19.2 Å². The molecule has 3 rings (SSSR count). The Hall–Kier alpha value is -3.06. The summed E-state index contributed by atoms with van der Waals surface area (Å²) in [4.78, 5) is 31.0.